The summed E-state index contributed by atoms with van der Waals surface area (Å²) in [6.45, 7) is 2.08. The molecule has 0 saturated carbocycles. The molecule has 1 aliphatic heterocycles. The Morgan fingerprint density at radius 2 is 2.13 bits per heavy atom. The van der Waals surface area contributed by atoms with Crippen molar-refractivity contribution in [1.82, 2.24) is 9.97 Å². The van der Waals surface area contributed by atoms with Gasteiger partial charge in [-0.15, -0.1) is 0 Å². The van der Waals surface area contributed by atoms with Crippen LogP contribution in [0.3, 0.4) is 0 Å². The predicted molar refractivity (Wildman–Crippen MR) is 55.1 cm³/mol. The maximum absolute atomic E-state index is 5.69. The smallest absolute Gasteiger partial charge is 0.141 e. The fraction of sp³-hybridized carbons (Fsp3) is 0.600. The van der Waals surface area contributed by atoms with Crippen LogP contribution in [0.5, 0.6) is 0 Å². The predicted octanol–water partition coefficient (Wildman–Crippen LogP) is 0.754. The molecular weight excluding hydrogens is 194 g/mol. The molecule has 0 bridgehead atoms. The van der Waals surface area contributed by atoms with Gasteiger partial charge >= 0.3 is 0 Å². The number of nitrogens with zero attached hydrogens (tertiary/aromatic N) is 2. The molecule has 1 aliphatic rings. The average molecular weight is 209 g/mol. The maximum atomic E-state index is 5.69. The highest BCUT2D eigenvalue weighted by Crippen LogP contribution is 2.12. The minimum Gasteiger partial charge on any atom is -0.382 e. The molecule has 5 nitrogen and oxygen atoms in total. The molecule has 0 unspecified atom stereocenters. The van der Waals surface area contributed by atoms with Gasteiger partial charge in [-0.3, -0.25) is 4.98 Å². The molecule has 2 N–H and O–H groups in total. The van der Waals surface area contributed by atoms with Gasteiger partial charge in [-0.25, -0.2) is 4.98 Å². The molecule has 0 aromatic carbocycles. The topological polar surface area (TPSA) is 70.3 Å². The standard InChI is InChI=1S/C10H15N3O2/c11-10-6-12-8(5-13-10)7-15-9-1-3-14-4-2-9/h5-6,9H,1-4,7H2,(H2,11,13). The van der Waals surface area contributed by atoms with Gasteiger partial charge in [0.15, 0.2) is 0 Å². The third-order valence-electron chi connectivity index (χ3n) is 2.36. The number of nitrogen functional groups attached to an aromatic ring is 1. The Morgan fingerprint density at radius 3 is 2.80 bits per heavy atom. The van der Waals surface area contributed by atoms with E-state index in [1.807, 2.05) is 0 Å². The Balaban J connectivity index is 1.79. The number of hydrogen-bond donors (Lipinski definition) is 1. The number of hydrogen-bond acceptors (Lipinski definition) is 5. The first-order valence-corrected chi connectivity index (χ1v) is 5.10. The van der Waals surface area contributed by atoms with Gasteiger partial charge in [-0.05, 0) is 12.8 Å². The van der Waals surface area contributed by atoms with Gasteiger partial charge < -0.3 is 15.2 Å². The summed E-state index contributed by atoms with van der Waals surface area (Å²) in [4.78, 5) is 8.07. The SMILES string of the molecule is Nc1cnc(COC2CCOCC2)cn1. The fourth-order valence-corrected chi connectivity index (χ4v) is 1.49. The second kappa shape index (κ2) is 5.04. The van der Waals surface area contributed by atoms with Gasteiger partial charge in [0, 0.05) is 13.2 Å². The van der Waals surface area contributed by atoms with E-state index in [-0.39, 0.29) is 6.10 Å². The molecule has 82 valence electrons. The number of ether oxygens (including phenoxy) is 2. The molecule has 15 heavy (non-hydrogen) atoms. The van der Waals surface area contributed by atoms with Crippen molar-refractivity contribution in [3.05, 3.63) is 18.1 Å². The number of aromatic nitrogens is 2. The average Bonchev–Trinajstić information content (AvgIpc) is 2.30. The summed E-state index contributed by atoms with van der Waals surface area (Å²) in [6, 6.07) is 0. The van der Waals surface area contributed by atoms with Crippen LogP contribution < -0.4 is 5.73 Å². The molecule has 0 amide bonds. The van der Waals surface area contributed by atoms with Crippen molar-refractivity contribution in [3.63, 3.8) is 0 Å². The van der Waals surface area contributed by atoms with Gasteiger partial charge in [0.05, 0.1) is 30.8 Å². The molecule has 1 aromatic rings. The number of nitrogens with two attached hydrogens (primary N) is 1. The third kappa shape index (κ3) is 3.14. The first-order chi connectivity index (χ1) is 7.34. The van der Waals surface area contributed by atoms with Crippen molar-refractivity contribution in [3.8, 4) is 0 Å². The second-order valence-electron chi connectivity index (χ2n) is 3.56. The van der Waals surface area contributed by atoms with E-state index in [1.165, 1.54) is 0 Å². The molecule has 1 saturated heterocycles. The van der Waals surface area contributed by atoms with E-state index >= 15 is 0 Å². The largest absolute Gasteiger partial charge is 0.382 e. The molecule has 1 aromatic heterocycles. The molecule has 0 aliphatic carbocycles. The summed E-state index contributed by atoms with van der Waals surface area (Å²) in [5.74, 6) is 0.435. The highest BCUT2D eigenvalue weighted by atomic mass is 16.5. The first-order valence-electron chi connectivity index (χ1n) is 5.10. The van der Waals surface area contributed by atoms with Crippen LogP contribution in [0.2, 0.25) is 0 Å². The maximum Gasteiger partial charge on any atom is 0.141 e. The number of rotatable bonds is 3. The van der Waals surface area contributed by atoms with E-state index in [9.17, 15) is 0 Å². The van der Waals surface area contributed by atoms with Crippen molar-refractivity contribution in [1.29, 1.82) is 0 Å². The zero-order valence-corrected chi connectivity index (χ0v) is 8.56. The van der Waals surface area contributed by atoms with Crippen LogP contribution in [-0.4, -0.2) is 29.3 Å². The molecule has 5 heteroatoms. The van der Waals surface area contributed by atoms with Crippen molar-refractivity contribution < 1.29 is 9.47 Å². The molecule has 0 atom stereocenters. The Morgan fingerprint density at radius 1 is 1.33 bits per heavy atom. The molecule has 2 rings (SSSR count). The summed E-state index contributed by atoms with van der Waals surface area (Å²) in [6.07, 6.45) is 5.40. The lowest BCUT2D eigenvalue weighted by Crippen LogP contribution is -2.23. The Labute approximate surface area is 88.6 Å². The zero-order valence-electron chi connectivity index (χ0n) is 8.56. The van der Waals surface area contributed by atoms with Crippen LogP contribution in [0, 0.1) is 0 Å². The normalized spacial score (nSPS) is 17.9. The second-order valence-corrected chi connectivity index (χ2v) is 3.56. The van der Waals surface area contributed by atoms with Gasteiger partial charge in [0.2, 0.25) is 0 Å². The van der Waals surface area contributed by atoms with Crippen LogP contribution in [0.25, 0.3) is 0 Å². The summed E-state index contributed by atoms with van der Waals surface area (Å²) >= 11 is 0. The van der Waals surface area contributed by atoms with E-state index in [2.05, 4.69) is 9.97 Å². The van der Waals surface area contributed by atoms with Gasteiger partial charge in [0.25, 0.3) is 0 Å². The zero-order chi connectivity index (χ0) is 10.5. The fourth-order valence-electron chi connectivity index (χ4n) is 1.49. The van der Waals surface area contributed by atoms with Crippen LogP contribution in [0.4, 0.5) is 5.82 Å². The third-order valence-corrected chi connectivity index (χ3v) is 2.36. The minimum atomic E-state index is 0.290. The quantitative estimate of drug-likeness (QED) is 0.795. The van der Waals surface area contributed by atoms with Crippen LogP contribution in [0.15, 0.2) is 12.4 Å². The van der Waals surface area contributed by atoms with Gasteiger partial charge in [0.1, 0.15) is 5.82 Å². The molecule has 0 radical (unpaired) electrons. The van der Waals surface area contributed by atoms with Gasteiger partial charge in [-0.1, -0.05) is 0 Å². The summed E-state index contributed by atoms with van der Waals surface area (Å²) in [7, 11) is 0. The minimum absolute atomic E-state index is 0.290. The lowest BCUT2D eigenvalue weighted by Gasteiger charge is -2.22. The van der Waals surface area contributed by atoms with Crippen molar-refractivity contribution in [2.24, 2.45) is 0 Å². The summed E-state index contributed by atoms with van der Waals surface area (Å²) in [5, 5.41) is 0. The summed E-state index contributed by atoms with van der Waals surface area (Å²) in [5.41, 5.74) is 6.25. The highest BCUT2D eigenvalue weighted by molar-refractivity contribution is 5.22. The summed E-state index contributed by atoms with van der Waals surface area (Å²) < 4.78 is 10.9. The van der Waals surface area contributed by atoms with E-state index in [0.29, 0.717) is 12.4 Å². The van der Waals surface area contributed by atoms with Crippen LogP contribution >= 0.6 is 0 Å². The molecule has 0 spiro atoms. The Bertz CT molecular complexity index is 296. The molecular formula is C10H15N3O2. The Kier molecular flexibility index (Phi) is 3.47. The van der Waals surface area contributed by atoms with Crippen molar-refractivity contribution in [2.75, 3.05) is 18.9 Å². The van der Waals surface area contributed by atoms with E-state index in [4.69, 9.17) is 15.2 Å². The van der Waals surface area contributed by atoms with Crippen molar-refractivity contribution >= 4 is 5.82 Å². The van der Waals surface area contributed by atoms with E-state index < -0.39 is 0 Å². The Hall–Kier alpha value is -1.20. The van der Waals surface area contributed by atoms with Crippen LogP contribution in [0.1, 0.15) is 18.5 Å². The van der Waals surface area contributed by atoms with E-state index in [0.717, 1.165) is 31.7 Å². The molecule has 1 fully saturated rings. The van der Waals surface area contributed by atoms with E-state index in [1.54, 1.807) is 12.4 Å². The lowest BCUT2D eigenvalue weighted by atomic mass is 10.1. The lowest BCUT2D eigenvalue weighted by molar-refractivity contribution is -0.0400. The molecule has 2 heterocycles. The van der Waals surface area contributed by atoms with Crippen LogP contribution in [-0.2, 0) is 16.1 Å². The monoisotopic (exact) mass is 209 g/mol. The van der Waals surface area contributed by atoms with Crippen molar-refractivity contribution in [2.45, 2.75) is 25.6 Å². The first kappa shape index (κ1) is 10.3. The number of anilines is 1. The van der Waals surface area contributed by atoms with Gasteiger partial charge in [-0.2, -0.15) is 0 Å². The highest BCUT2D eigenvalue weighted by Gasteiger charge is 2.14.